The molecule has 1 aromatic carbocycles. The standard InChI is InChI=1S/C18H21FN6S/c1-12-15(13(2)24(3)22-12)10-20-18(26)21-17-8-9-25(23-17)11-14-6-4-5-7-16(14)19/h4-9H,10-11H2,1-3H3,(H2,20,21,23,26). The van der Waals surface area contributed by atoms with Crippen LogP contribution in [-0.2, 0) is 20.1 Å². The molecule has 0 aliphatic rings. The van der Waals surface area contributed by atoms with E-state index in [2.05, 4.69) is 20.8 Å². The Bertz CT molecular complexity index is 930. The number of hydrogen-bond acceptors (Lipinski definition) is 3. The summed E-state index contributed by atoms with van der Waals surface area (Å²) in [6.07, 6.45) is 1.78. The Morgan fingerprint density at radius 2 is 1.96 bits per heavy atom. The quantitative estimate of drug-likeness (QED) is 0.675. The highest BCUT2D eigenvalue weighted by Crippen LogP contribution is 2.12. The van der Waals surface area contributed by atoms with Crippen LogP contribution in [0.15, 0.2) is 36.5 Å². The highest BCUT2D eigenvalue weighted by Gasteiger charge is 2.10. The zero-order valence-electron chi connectivity index (χ0n) is 15.0. The van der Waals surface area contributed by atoms with Gasteiger partial charge in [0.05, 0.1) is 12.2 Å². The first-order chi connectivity index (χ1) is 12.4. The Balaban J connectivity index is 1.57. The number of thiocarbonyl (C=S) groups is 1. The molecule has 6 nitrogen and oxygen atoms in total. The average Bonchev–Trinajstić information content (AvgIpc) is 3.13. The second-order valence-corrected chi connectivity index (χ2v) is 6.48. The van der Waals surface area contributed by atoms with Crippen molar-refractivity contribution in [2.45, 2.75) is 26.9 Å². The molecule has 0 saturated heterocycles. The fourth-order valence-electron chi connectivity index (χ4n) is 2.72. The van der Waals surface area contributed by atoms with Gasteiger partial charge in [-0.15, -0.1) is 0 Å². The summed E-state index contributed by atoms with van der Waals surface area (Å²) in [6, 6.07) is 8.47. The SMILES string of the molecule is Cc1nn(C)c(C)c1CNC(=S)Nc1ccn(Cc2ccccc2F)n1. The number of halogens is 1. The largest absolute Gasteiger partial charge is 0.358 e. The molecule has 3 aromatic rings. The monoisotopic (exact) mass is 372 g/mol. The van der Waals surface area contributed by atoms with Gasteiger partial charge in [-0.2, -0.15) is 10.2 Å². The third-order valence-electron chi connectivity index (χ3n) is 4.26. The third kappa shape index (κ3) is 4.08. The van der Waals surface area contributed by atoms with Crippen LogP contribution in [0.5, 0.6) is 0 Å². The van der Waals surface area contributed by atoms with E-state index in [1.165, 1.54) is 6.07 Å². The van der Waals surface area contributed by atoms with E-state index in [1.807, 2.05) is 31.6 Å². The predicted molar refractivity (Wildman–Crippen MR) is 103 cm³/mol. The first-order valence-electron chi connectivity index (χ1n) is 8.25. The van der Waals surface area contributed by atoms with E-state index in [-0.39, 0.29) is 5.82 Å². The number of benzene rings is 1. The summed E-state index contributed by atoms with van der Waals surface area (Å²) < 4.78 is 17.2. The summed E-state index contributed by atoms with van der Waals surface area (Å²) >= 11 is 5.33. The summed E-state index contributed by atoms with van der Waals surface area (Å²) in [6.45, 7) is 4.96. The fourth-order valence-corrected chi connectivity index (χ4v) is 2.90. The van der Waals surface area contributed by atoms with Gasteiger partial charge in [0.1, 0.15) is 5.82 Å². The molecular formula is C18H21FN6S. The summed E-state index contributed by atoms with van der Waals surface area (Å²) in [5, 5.41) is 15.5. The Kier molecular flexibility index (Phi) is 5.32. The molecule has 0 unspecified atom stereocenters. The van der Waals surface area contributed by atoms with Gasteiger partial charge >= 0.3 is 0 Å². The van der Waals surface area contributed by atoms with E-state index in [0.29, 0.717) is 29.6 Å². The van der Waals surface area contributed by atoms with Crippen molar-refractivity contribution in [2.24, 2.45) is 7.05 Å². The molecule has 2 aromatic heterocycles. The van der Waals surface area contributed by atoms with E-state index < -0.39 is 0 Å². The Morgan fingerprint density at radius 1 is 1.19 bits per heavy atom. The van der Waals surface area contributed by atoms with E-state index >= 15 is 0 Å². The Hall–Kier alpha value is -2.74. The van der Waals surface area contributed by atoms with Gasteiger partial charge in [0.2, 0.25) is 0 Å². The van der Waals surface area contributed by atoms with Gasteiger partial charge < -0.3 is 10.6 Å². The van der Waals surface area contributed by atoms with Crippen molar-refractivity contribution in [3.8, 4) is 0 Å². The van der Waals surface area contributed by atoms with Crippen LogP contribution < -0.4 is 10.6 Å². The van der Waals surface area contributed by atoms with Crippen molar-refractivity contribution in [3.63, 3.8) is 0 Å². The maximum atomic E-state index is 13.7. The fraction of sp³-hybridized carbons (Fsp3) is 0.278. The van der Waals surface area contributed by atoms with E-state index in [9.17, 15) is 4.39 Å². The van der Waals surface area contributed by atoms with E-state index in [1.54, 1.807) is 29.1 Å². The normalized spacial score (nSPS) is 10.8. The molecule has 0 atom stereocenters. The molecule has 8 heteroatoms. The van der Waals surface area contributed by atoms with Gasteiger partial charge in [0.25, 0.3) is 0 Å². The minimum absolute atomic E-state index is 0.239. The summed E-state index contributed by atoms with van der Waals surface area (Å²) in [4.78, 5) is 0. The molecule has 2 N–H and O–H groups in total. The summed E-state index contributed by atoms with van der Waals surface area (Å²) in [5.74, 6) is 0.371. The zero-order chi connectivity index (χ0) is 18.7. The molecule has 0 aliphatic heterocycles. The van der Waals surface area contributed by atoms with Gasteiger partial charge in [-0.25, -0.2) is 4.39 Å². The molecule has 0 bridgehead atoms. The number of aromatic nitrogens is 4. The van der Waals surface area contributed by atoms with Crippen molar-refractivity contribution in [1.29, 1.82) is 0 Å². The topological polar surface area (TPSA) is 59.7 Å². The van der Waals surface area contributed by atoms with Crippen LogP contribution >= 0.6 is 12.2 Å². The molecule has 0 radical (unpaired) electrons. The number of anilines is 1. The second kappa shape index (κ2) is 7.65. The minimum atomic E-state index is -0.239. The molecule has 136 valence electrons. The number of hydrogen-bond donors (Lipinski definition) is 2. The van der Waals surface area contributed by atoms with Gasteiger partial charge in [-0.1, -0.05) is 18.2 Å². The average molecular weight is 372 g/mol. The lowest BCUT2D eigenvalue weighted by atomic mass is 10.2. The molecular weight excluding hydrogens is 351 g/mol. The molecule has 3 rings (SSSR count). The van der Waals surface area contributed by atoms with Crippen LogP contribution in [0, 0.1) is 19.7 Å². The van der Waals surface area contributed by atoms with E-state index in [4.69, 9.17) is 12.2 Å². The van der Waals surface area contributed by atoms with Gasteiger partial charge in [-0.05, 0) is 32.1 Å². The molecule has 0 saturated carbocycles. The first-order valence-corrected chi connectivity index (χ1v) is 8.65. The van der Waals surface area contributed by atoms with Crippen LogP contribution in [0.3, 0.4) is 0 Å². The Labute approximate surface area is 157 Å². The van der Waals surface area contributed by atoms with Gasteiger partial charge in [0, 0.05) is 42.7 Å². The lowest BCUT2D eigenvalue weighted by Crippen LogP contribution is -2.28. The predicted octanol–water partition coefficient (Wildman–Crippen LogP) is 2.91. The molecule has 0 amide bonds. The van der Waals surface area contributed by atoms with Crippen LogP contribution in [0.4, 0.5) is 10.2 Å². The molecule has 0 fully saturated rings. The summed E-state index contributed by atoms with van der Waals surface area (Å²) in [5.41, 5.74) is 3.80. The zero-order valence-corrected chi connectivity index (χ0v) is 15.8. The maximum absolute atomic E-state index is 13.7. The number of aryl methyl sites for hydroxylation is 2. The van der Waals surface area contributed by atoms with Gasteiger partial charge in [0.15, 0.2) is 10.9 Å². The number of nitrogens with zero attached hydrogens (tertiary/aromatic N) is 4. The number of rotatable bonds is 5. The van der Waals surface area contributed by atoms with Crippen LogP contribution in [0.1, 0.15) is 22.5 Å². The van der Waals surface area contributed by atoms with Crippen molar-refractivity contribution in [2.75, 3.05) is 5.32 Å². The summed E-state index contributed by atoms with van der Waals surface area (Å²) in [7, 11) is 1.92. The second-order valence-electron chi connectivity index (χ2n) is 6.07. The lowest BCUT2D eigenvalue weighted by molar-refractivity contribution is 0.586. The number of nitrogens with one attached hydrogen (secondary N) is 2. The third-order valence-corrected chi connectivity index (χ3v) is 4.50. The van der Waals surface area contributed by atoms with Crippen molar-refractivity contribution in [3.05, 3.63) is 64.9 Å². The lowest BCUT2D eigenvalue weighted by Gasteiger charge is -2.09. The van der Waals surface area contributed by atoms with Crippen LogP contribution in [0.2, 0.25) is 0 Å². The molecule has 0 spiro atoms. The molecule has 26 heavy (non-hydrogen) atoms. The van der Waals surface area contributed by atoms with Gasteiger partial charge in [-0.3, -0.25) is 9.36 Å². The highest BCUT2D eigenvalue weighted by atomic mass is 32.1. The Morgan fingerprint density at radius 3 is 2.65 bits per heavy atom. The smallest absolute Gasteiger partial charge is 0.172 e. The minimum Gasteiger partial charge on any atom is -0.358 e. The molecule has 2 heterocycles. The maximum Gasteiger partial charge on any atom is 0.172 e. The van der Waals surface area contributed by atoms with E-state index in [0.717, 1.165) is 17.0 Å². The van der Waals surface area contributed by atoms with Crippen LogP contribution in [0.25, 0.3) is 0 Å². The highest BCUT2D eigenvalue weighted by molar-refractivity contribution is 7.80. The van der Waals surface area contributed by atoms with Crippen molar-refractivity contribution >= 4 is 23.1 Å². The van der Waals surface area contributed by atoms with Crippen LogP contribution in [-0.4, -0.2) is 24.7 Å². The van der Waals surface area contributed by atoms with Crippen molar-refractivity contribution < 1.29 is 4.39 Å². The first kappa shape index (κ1) is 18.1. The molecule has 0 aliphatic carbocycles. The van der Waals surface area contributed by atoms with Crippen molar-refractivity contribution in [1.82, 2.24) is 24.9 Å².